The van der Waals surface area contributed by atoms with Crippen molar-refractivity contribution >= 4 is 11.8 Å². The summed E-state index contributed by atoms with van der Waals surface area (Å²) in [4.78, 5) is 1.32. The second-order valence-electron chi connectivity index (χ2n) is 3.45. The van der Waals surface area contributed by atoms with Crippen molar-refractivity contribution in [3.63, 3.8) is 0 Å². The van der Waals surface area contributed by atoms with Crippen LogP contribution in [0.5, 0.6) is 5.75 Å². The van der Waals surface area contributed by atoms with Gasteiger partial charge in [-0.15, -0.1) is 11.8 Å². The zero-order chi connectivity index (χ0) is 9.97. The Morgan fingerprint density at radius 3 is 3.07 bits per heavy atom. The minimum absolute atomic E-state index is 0.597. The number of benzene rings is 1. The van der Waals surface area contributed by atoms with E-state index in [1.807, 2.05) is 24.9 Å². The molecule has 1 aliphatic heterocycles. The minimum Gasteiger partial charge on any atom is -0.496 e. The van der Waals surface area contributed by atoms with Crippen LogP contribution in [-0.2, 0) is 6.42 Å². The van der Waals surface area contributed by atoms with Crippen LogP contribution in [-0.4, -0.2) is 26.0 Å². The Balaban J connectivity index is 2.30. The van der Waals surface area contributed by atoms with Gasteiger partial charge in [-0.05, 0) is 25.1 Å². The molecule has 0 bridgehead atoms. The lowest BCUT2D eigenvalue weighted by molar-refractivity contribution is 0.402. The van der Waals surface area contributed by atoms with E-state index >= 15 is 0 Å². The number of hydrogen-bond donors (Lipinski definition) is 1. The van der Waals surface area contributed by atoms with Crippen molar-refractivity contribution in [2.24, 2.45) is 0 Å². The summed E-state index contributed by atoms with van der Waals surface area (Å²) in [5.74, 6) is 2.14. The maximum atomic E-state index is 5.34. The molecule has 3 heteroatoms. The highest BCUT2D eigenvalue weighted by atomic mass is 32.2. The van der Waals surface area contributed by atoms with Crippen molar-refractivity contribution in [3.8, 4) is 5.75 Å². The summed E-state index contributed by atoms with van der Waals surface area (Å²) in [6.07, 6.45) is 1.11. The summed E-state index contributed by atoms with van der Waals surface area (Å²) in [7, 11) is 3.76. The second-order valence-corrected chi connectivity index (χ2v) is 4.48. The number of likely N-dealkylation sites (N-methyl/N-ethyl adjacent to an activating group) is 1. The lowest BCUT2D eigenvalue weighted by atomic mass is 10.1. The number of fused-ring (bicyclic) bond motifs is 1. The van der Waals surface area contributed by atoms with Gasteiger partial charge >= 0.3 is 0 Å². The second kappa shape index (κ2) is 4.24. The molecule has 0 aromatic heterocycles. The maximum absolute atomic E-state index is 5.34. The fraction of sp³-hybridized carbons (Fsp3) is 0.455. The van der Waals surface area contributed by atoms with E-state index < -0.39 is 0 Å². The Hall–Kier alpha value is -0.670. The van der Waals surface area contributed by atoms with Gasteiger partial charge in [-0.1, -0.05) is 12.1 Å². The van der Waals surface area contributed by atoms with Gasteiger partial charge in [0.2, 0.25) is 0 Å². The lowest BCUT2D eigenvalue weighted by Gasteiger charge is -2.24. The first-order valence-electron chi connectivity index (χ1n) is 4.81. The molecular weight excluding hydrogens is 194 g/mol. The van der Waals surface area contributed by atoms with E-state index in [9.17, 15) is 0 Å². The van der Waals surface area contributed by atoms with Gasteiger partial charge in [0.15, 0.2) is 0 Å². The predicted molar refractivity (Wildman–Crippen MR) is 60.3 cm³/mol. The standard InChI is InChI=1S/C11H15NOS/c1-12-9-6-8-4-3-5-10(13-2)11(8)14-7-9/h3-5,9,12H,6-7H2,1-2H3. The van der Waals surface area contributed by atoms with Gasteiger partial charge < -0.3 is 10.1 Å². The van der Waals surface area contributed by atoms with Crippen molar-refractivity contribution in [2.75, 3.05) is 19.9 Å². The molecule has 0 saturated carbocycles. The van der Waals surface area contributed by atoms with E-state index in [4.69, 9.17) is 4.74 Å². The molecule has 0 radical (unpaired) electrons. The molecule has 2 rings (SSSR count). The highest BCUT2D eigenvalue weighted by molar-refractivity contribution is 7.99. The monoisotopic (exact) mass is 209 g/mol. The van der Waals surface area contributed by atoms with Crippen LogP contribution in [0.25, 0.3) is 0 Å². The van der Waals surface area contributed by atoms with Crippen molar-refractivity contribution in [2.45, 2.75) is 17.4 Å². The summed E-state index contributed by atoms with van der Waals surface area (Å²) >= 11 is 1.89. The molecule has 1 heterocycles. The van der Waals surface area contributed by atoms with Crippen molar-refractivity contribution in [3.05, 3.63) is 23.8 Å². The topological polar surface area (TPSA) is 21.3 Å². The van der Waals surface area contributed by atoms with Crippen molar-refractivity contribution in [1.29, 1.82) is 0 Å². The van der Waals surface area contributed by atoms with Gasteiger partial charge in [0, 0.05) is 11.8 Å². The molecule has 0 aliphatic carbocycles. The lowest BCUT2D eigenvalue weighted by Crippen LogP contribution is -2.32. The zero-order valence-electron chi connectivity index (χ0n) is 8.54. The Labute approximate surface area is 89.0 Å². The van der Waals surface area contributed by atoms with Crippen LogP contribution in [0.3, 0.4) is 0 Å². The van der Waals surface area contributed by atoms with Crippen LogP contribution in [0.4, 0.5) is 0 Å². The number of rotatable bonds is 2. The molecular formula is C11H15NOS. The maximum Gasteiger partial charge on any atom is 0.132 e. The van der Waals surface area contributed by atoms with Crippen molar-refractivity contribution < 1.29 is 4.74 Å². The average Bonchev–Trinajstić information content (AvgIpc) is 2.27. The molecule has 1 aromatic rings. The average molecular weight is 209 g/mol. The van der Waals surface area contributed by atoms with Gasteiger partial charge in [0.25, 0.3) is 0 Å². The highest BCUT2D eigenvalue weighted by Gasteiger charge is 2.20. The van der Waals surface area contributed by atoms with Gasteiger partial charge in [-0.2, -0.15) is 0 Å². The molecule has 1 aliphatic rings. The van der Waals surface area contributed by atoms with E-state index in [0.717, 1.165) is 17.9 Å². The van der Waals surface area contributed by atoms with Crippen LogP contribution < -0.4 is 10.1 Å². The third-order valence-corrected chi connectivity index (χ3v) is 3.90. The van der Waals surface area contributed by atoms with Gasteiger partial charge in [-0.3, -0.25) is 0 Å². The van der Waals surface area contributed by atoms with Crippen molar-refractivity contribution in [1.82, 2.24) is 5.32 Å². The van der Waals surface area contributed by atoms with Crippen LogP contribution >= 0.6 is 11.8 Å². The smallest absolute Gasteiger partial charge is 0.132 e. The number of methoxy groups -OCH3 is 1. The predicted octanol–water partition coefficient (Wildman–Crippen LogP) is 1.93. The first-order valence-corrected chi connectivity index (χ1v) is 5.79. The molecule has 2 nitrogen and oxygen atoms in total. The molecule has 1 unspecified atom stereocenters. The summed E-state index contributed by atoms with van der Waals surface area (Å²) < 4.78 is 5.34. The SMILES string of the molecule is CNC1CSc2c(cccc2OC)C1. The normalized spacial score (nSPS) is 20.3. The number of ether oxygens (including phenoxy) is 1. The molecule has 1 N–H and O–H groups in total. The van der Waals surface area contributed by atoms with Crippen LogP contribution in [0.15, 0.2) is 23.1 Å². The number of hydrogen-bond acceptors (Lipinski definition) is 3. The highest BCUT2D eigenvalue weighted by Crippen LogP contribution is 2.37. The quantitative estimate of drug-likeness (QED) is 0.804. The Morgan fingerprint density at radius 1 is 1.50 bits per heavy atom. The van der Waals surface area contributed by atoms with Gasteiger partial charge in [0.1, 0.15) is 5.75 Å². The molecule has 0 fully saturated rings. The first-order chi connectivity index (χ1) is 6.85. The third kappa shape index (κ3) is 1.74. The molecule has 1 aromatic carbocycles. The molecule has 0 saturated heterocycles. The Bertz CT molecular complexity index is 327. The van der Waals surface area contributed by atoms with Crippen LogP contribution in [0.2, 0.25) is 0 Å². The zero-order valence-corrected chi connectivity index (χ0v) is 9.36. The molecule has 14 heavy (non-hydrogen) atoms. The van der Waals surface area contributed by atoms with Crippen LogP contribution in [0, 0.1) is 0 Å². The number of thioether (sulfide) groups is 1. The van der Waals surface area contributed by atoms with Gasteiger partial charge in [-0.25, -0.2) is 0 Å². The van der Waals surface area contributed by atoms with E-state index in [1.165, 1.54) is 10.5 Å². The summed E-state index contributed by atoms with van der Waals surface area (Å²) in [6.45, 7) is 0. The van der Waals surface area contributed by atoms with E-state index in [2.05, 4.69) is 17.4 Å². The Kier molecular flexibility index (Phi) is 2.99. The third-order valence-electron chi connectivity index (χ3n) is 2.58. The molecule has 1 atom stereocenters. The van der Waals surface area contributed by atoms with Gasteiger partial charge in [0.05, 0.1) is 12.0 Å². The minimum atomic E-state index is 0.597. The van der Waals surface area contributed by atoms with E-state index in [0.29, 0.717) is 6.04 Å². The summed E-state index contributed by atoms with van der Waals surface area (Å²) in [5.41, 5.74) is 1.40. The number of nitrogens with one attached hydrogen (secondary N) is 1. The van der Waals surface area contributed by atoms with E-state index in [-0.39, 0.29) is 0 Å². The summed E-state index contributed by atoms with van der Waals surface area (Å²) in [5, 5.41) is 3.32. The fourth-order valence-electron chi connectivity index (χ4n) is 1.74. The Morgan fingerprint density at radius 2 is 2.36 bits per heavy atom. The van der Waals surface area contributed by atoms with E-state index in [1.54, 1.807) is 7.11 Å². The van der Waals surface area contributed by atoms with Crippen LogP contribution in [0.1, 0.15) is 5.56 Å². The molecule has 0 amide bonds. The fourth-order valence-corrected chi connectivity index (χ4v) is 3.02. The molecule has 0 spiro atoms. The summed E-state index contributed by atoms with van der Waals surface area (Å²) in [6, 6.07) is 6.88. The largest absolute Gasteiger partial charge is 0.496 e. The molecule has 76 valence electrons. The first kappa shape index (κ1) is 9.87.